The van der Waals surface area contributed by atoms with Crippen LogP contribution in [-0.2, 0) is 0 Å². The Morgan fingerprint density at radius 3 is 2.71 bits per heavy atom. The van der Waals surface area contributed by atoms with E-state index in [-0.39, 0.29) is 5.82 Å². The first-order valence-electron chi connectivity index (χ1n) is 4.92. The minimum absolute atomic E-state index is 0.288. The molecule has 0 bridgehead atoms. The molecule has 0 spiro atoms. The van der Waals surface area contributed by atoms with Crippen LogP contribution in [0, 0.1) is 17.1 Å². The molecule has 4 heteroatoms. The fourth-order valence-corrected chi connectivity index (χ4v) is 2.30. The fraction of sp³-hybridized carbons (Fsp3) is 0. The number of rotatable bonds is 2. The molecule has 2 aromatic carbocycles. The number of anilines is 1. The smallest absolute Gasteiger partial charge is 0.124 e. The summed E-state index contributed by atoms with van der Waals surface area (Å²) in [4.78, 5) is 1.53. The zero-order valence-corrected chi connectivity index (χ0v) is 9.67. The summed E-state index contributed by atoms with van der Waals surface area (Å²) in [6, 6.07) is 13.4. The SMILES string of the molecule is N#Cc1cc(N)ccc1Sc1cccc(F)c1. The van der Waals surface area contributed by atoms with E-state index >= 15 is 0 Å². The van der Waals surface area contributed by atoms with E-state index in [1.807, 2.05) is 0 Å². The molecular weight excluding hydrogens is 235 g/mol. The lowest BCUT2D eigenvalue weighted by Crippen LogP contribution is -1.88. The molecule has 0 saturated carbocycles. The van der Waals surface area contributed by atoms with E-state index in [1.165, 1.54) is 23.9 Å². The maximum atomic E-state index is 13.0. The van der Waals surface area contributed by atoms with Crippen molar-refractivity contribution in [3.8, 4) is 6.07 Å². The Kier molecular flexibility index (Phi) is 3.31. The zero-order chi connectivity index (χ0) is 12.3. The molecule has 0 aliphatic rings. The molecule has 0 aromatic heterocycles. The van der Waals surface area contributed by atoms with Crippen LogP contribution in [0.2, 0.25) is 0 Å². The van der Waals surface area contributed by atoms with Crippen molar-refractivity contribution in [2.24, 2.45) is 0 Å². The summed E-state index contributed by atoms with van der Waals surface area (Å²) in [5.41, 5.74) is 6.65. The fourth-order valence-electron chi connectivity index (χ4n) is 1.38. The molecule has 2 nitrogen and oxygen atoms in total. The second-order valence-corrected chi connectivity index (χ2v) is 4.54. The number of nitrogens with zero attached hydrogens (tertiary/aromatic N) is 1. The highest BCUT2D eigenvalue weighted by Gasteiger charge is 2.05. The minimum atomic E-state index is -0.288. The Hall–Kier alpha value is -1.99. The summed E-state index contributed by atoms with van der Waals surface area (Å²) in [6.45, 7) is 0. The molecule has 0 heterocycles. The monoisotopic (exact) mass is 244 g/mol. The summed E-state index contributed by atoms with van der Waals surface area (Å²) >= 11 is 1.34. The topological polar surface area (TPSA) is 49.8 Å². The van der Waals surface area contributed by atoms with Crippen LogP contribution >= 0.6 is 11.8 Å². The third-order valence-corrected chi connectivity index (χ3v) is 3.21. The molecule has 0 aliphatic carbocycles. The third-order valence-electron chi connectivity index (χ3n) is 2.15. The molecule has 0 fully saturated rings. The largest absolute Gasteiger partial charge is 0.399 e. The highest BCUT2D eigenvalue weighted by atomic mass is 32.2. The predicted octanol–water partition coefficient (Wildman–Crippen LogP) is 3.43. The van der Waals surface area contributed by atoms with E-state index in [4.69, 9.17) is 11.0 Å². The standard InChI is InChI=1S/C13H9FN2S/c14-10-2-1-3-12(7-10)17-13-5-4-11(16)6-9(13)8-15/h1-7H,16H2. The molecule has 17 heavy (non-hydrogen) atoms. The van der Waals surface area contributed by atoms with E-state index in [0.717, 1.165) is 9.79 Å². The molecule has 0 amide bonds. The molecule has 0 saturated heterocycles. The van der Waals surface area contributed by atoms with Crippen molar-refractivity contribution in [1.82, 2.24) is 0 Å². The van der Waals surface area contributed by atoms with Crippen molar-refractivity contribution >= 4 is 17.4 Å². The van der Waals surface area contributed by atoms with Crippen LogP contribution in [-0.4, -0.2) is 0 Å². The van der Waals surface area contributed by atoms with Gasteiger partial charge >= 0.3 is 0 Å². The molecule has 0 atom stereocenters. The second kappa shape index (κ2) is 4.89. The molecular formula is C13H9FN2S. The summed E-state index contributed by atoms with van der Waals surface area (Å²) < 4.78 is 13.0. The van der Waals surface area contributed by atoms with Crippen LogP contribution < -0.4 is 5.73 Å². The van der Waals surface area contributed by atoms with Crippen molar-refractivity contribution in [2.75, 3.05) is 5.73 Å². The highest BCUT2D eigenvalue weighted by molar-refractivity contribution is 7.99. The number of nitrogen functional groups attached to an aromatic ring is 1. The minimum Gasteiger partial charge on any atom is -0.399 e. The summed E-state index contributed by atoms with van der Waals surface area (Å²) in [5, 5.41) is 8.98. The van der Waals surface area contributed by atoms with Crippen LogP contribution in [0.5, 0.6) is 0 Å². The van der Waals surface area contributed by atoms with Gasteiger partial charge in [-0.1, -0.05) is 17.8 Å². The van der Waals surface area contributed by atoms with Gasteiger partial charge in [0.05, 0.1) is 5.56 Å². The van der Waals surface area contributed by atoms with Gasteiger partial charge in [0, 0.05) is 15.5 Å². The summed E-state index contributed by atoms with van der Waals surface area (Å²) in [6.07, 6.45) is 0. The second-order valence-electron chi connectivity index (χ2n) is 3.43. The van der Waals surface area contributed by atoms with Crippen molar-refractivity contribution in [3.63, 3.8) is 0 Å². The Morgan fingerprint density at radius 2 is 2.00 bits per heavy atom. The van der Waals surface area contributed by atoms with Crippen LogP contribution in [0.3, 0.4) is 0 Å². The van der Waals surface area contributed by atoms with Gasteiger partial charge in [-0.25, -0.2) is 4.39 Å². The van der Waals surface area contributed by atoms with Crippen molar-refractivity contribution < 1.29 is 4.39 Å². The van der Waals surface area contributed by atoms with Crippen LogP contribution in [0.25, 0.3) is 0 Å². The van der Waals surface area contributed by atoms with Gasteiger partial charge in [0.2, 0.25) is 0 Å². The lowest BCUT2D eigenvalue weighted by Gasteiger charge is -2.04. The number of hydrogen-bond acceptors (Lipinski definition) is 3. The molecule has 2 rings (SSSR count). The molecule has 84 valence electrons. The highest BCUT2D eigenvalue weighted by Crippen LogP contribution is 2.31. The first kappa shape index (κ1) is 11.5. The van der Waals surface area contributed by atoms with Gasteiger partial charge in [-0.2, -0.15) is 5.26 Å². The Bertz CT molecular complexity index is 590. The number of nitriles is 1. The Morgan fingerprint density at radius 1 is 1.18 bits per heavy atom. The van der Waals surface area contributed by atoms with Gasteiger partial charge < -0.3 is 5.73 Å². The normalized spacial score (nSPS) is 9.88. The molecule has 0 aliphatic heterocycles. The van der Waals surface area contributed by atoms with Gasteiger partial charge in [-0.05, 0) is 36.4 Å². The van der Waals surface area contributed by atoms with E-state index in [1.54, 1.807) is 30.3 Å². The van der Waals surface area contributed by atoms with E-state index in [0.29, 0.717) is 11.3 Å². The maximum Gasteiger partial charge on any atom is 0.124 e. The quantitative estimate of drug-likeness (QED) is 0.823. The van der Waals surface area contributed by atoms with Crippen molar-refractivity contribution in [3.05, 3.63) is 53.8 Å². The maximum absolute atomic E-state index is 13.0. The van der Waals surface area contributed by atoms with E-state index < -0.39 is 0 Å². The van der Waals surface area contributed by atoms with E-state index in [9.17, 15) is 4.39 Å². The predicted molar refractivity (Wildman–Crippen MR) is 66.1 cm³/mol. The first-order chi connectivity index (χ1) is 8.19. The van der Waals surface area contributed by atoms with Crippen LogP contribution in [0.4, 0.5) is 10.1 Å². The lowest BCUT2D eigenvalue weighted by molar-refractivity contribution is 0.624. The summed E-state index contributed by atoms with van der Waals surface area (Å²) in [5.74, 6) is -0.288. The average molecular weight is 244 g/mol. The lowest BCUT2D eigenvalue weighted by atomic mass is 10.2. The van der Waals surface area contributed by atoms with Gasteiger partial charge in [0.1, 0.15) is 11.9 Å². The average Bonchev–Trinajstić information content (AvgIpc) is 2.31. The molecule has 2 aromatic rings. The third kappa shape index (κ3) is 2.77. The zero-order valence-electron chi connectivity index (χ0n) is 8.85. The van der Waals surface area contributed by atoms with Gasteiger partial charge in [-0.3, -0.25) is 0 Å². The van der Waals surface area contributed by atoms with Gasteiger partial charge in [-0.15, -0.1) is 0 Å². The Balaban J connectivity index is 2.34. The summed E-state index contributed by atoms with van der Waals surface area (Å²) in [7, 11) is 0. The molecule has 2 N–H and O–H groups in total. The van der Waals surface area contributed by atoms with E-state index in [2.05, 4.69) is 6.07 Å². The molecule has 0 unspecified atom stereocenters. The van der Waals surface area contributed by atoms with Gasteiger partial charge in [0.15, 0.2) is 0 Å². The van der Waals surface area contributed by atoms with Crippen LogP contribution in [0.1, 0.15) is 5.56 Å². The van der Waals surface area contributed by atoms with Crippen molar-refractivity contribution in [2.45, 2.75) is 9.79 Å². The number of halogens is 1. The number of benzene rings is 2. The van der Waals surface area contributed by atoms with Gasteiger partial charge in [0.25, 0.3) is 0 Å². The van der Waals surface area contributed by atoms with Crippen molar-refractivity contribution in [1.29, 1.82) is 5.26 Å². The number of nitrogens with two attached hydrogens (primary N) is 1. The Labute approximate surface area is 103 Å². The van der Waals surface area contributed by atoms with Crippen LogP contribution in [0.15, 0.2) is 52.3 Å². The first-order valence-corrected chi connectivity index (χ1v) is 5.74. The molecule has 0 radical (unpaired) electrons. The number of hydrogen-bond donors (Lipinski definition) is 1.